The van der Waals surface area contributed by atoms with Crippen LogP contribution in [0.5, 0.6) is 0 Å². The molecule has 0 saturated carbocycles. The van der Waals surface area contributed by atoms with Gasteiger partial charge in [-0.1, -0.05) is 5.57 Å². The van der Waals surface area contributed by atoms with Crippen LogP contribution >= 0.6 is 11.6 Å². The summed E-state index contributed by atoms with van der Waals surface area (Å²) >= 11 is 5.39. The van der Waals surface area contributed by atoms with E-state index >= 15 is 0 Å². The van der Waals surface area contributed by atoms with Gasteiger partial charge in [-0.3, -0.25) is 4.79 Å². The van der Waals surface area contributed by atoms with E-state index in [1.165, 1.54) is 0 Å². The highest BCUT2D eigenvalue weighted by Crippen LogP contribution is 2.00. The first kappa shape index (κ1) is 7.70. The van der Waals surface area contributed by atoms with E-state index in [4.69, 9.17) is 11.6 Å². The number of halogens is 1. The number of hydrogen-bond donors (Lipinski definition) is 0. The van der Waals surface area contributed by atoms with Crippen molar-refractivity contribution in [2.24, 2.45) is 0 Å². The summed E-state index contributed by atoms with van der Waals surface area (Å²) < 4.78 is 0. The first-order valence-corrected chi connectivity index (χ1v) is 2.86. The van der Waals surface area contributed by atoms with Crippen LogP contribution in [0.2, 0.25) is 0 Å². The molecule has 0 aromatic heterocycles. The summed E-state index contributed by atoms with van der Waals surface area (Å²) in [6.07, 6.45) is 1.76. The largest absolute Gasteiger partial charge is 0.285 e. The highest BCUT2D eigenvalue weighted by molar-refractivity contribution is 6.19. The van der Waals surface area contributed by atoms with Crippen LogP contribution in [0, 0.1) is 0 Å². The smallest absolute Gasteiger partial charge is 0.228 e. The van der Waals surface area contributed by atoms with Crippen LogP contribution in [0.1, 0.15) is 13.8 Å². The molecule has 0 bridgehead atoms. The fourth-order valence-corrected chi connectivity index (χ4v) is 0.388. The van der Waals surface area contributed by atoms with Crippen LogP contribution in [0.25, 0.3) is 0 Å². The standard InChI is InChI=1S/C6H8ClO/c1-5(3-7)6(2)4-8/h3H2,1-2H3/b6-5+. The predicted molar refractivity (Wildman–Crippen MR) is 34.8 cm³/mol. The van der Waals surface area contributed by atoms with Crippen molar-refractivity contribution in [3.8, 4) is 0 Å². The highest BCUT2D eigenvalue weighted by atomic mass is 35.5. The molecule has 0 rings (SSSR count). The summed E-state index contributed by atoms with van der Waals surface area (Å²) in [5.41, 5.74) is 1.50. The molecule has 0 spiro atoms. The normalized spacial score (nSPS) is 12.9. The Bertz CT molecular complexity index is 116. The molecule has 0 aliphatic heterocycles. The van der Waals surface area contributed by atoms with Crippen LogP contribution in [0.3, 0.4) is 0 Å². The molecule has 1 radical (unpaired) electrons. The molecule has 2 heteroatoms. The molecule has 0 unspecified atom stereocenters. The lowest BCUT2D eigenvalue weighted by atomic mass is 10.2. The van der Waals surface area contributed by atoms with Crippen molar-refractivity contribution in [3.63, 3.8) is 0 Å². The summed E-state index contributed by atoms with van der Waals surface area (Å²) in [6, 6.07) is 0. The molecule has 0 saturated heterocycles. The van der Waals surface area contributed by atoms with Crippen LogP contribution in [0.4, 0.5) is 0 Å². The first-order valence-electron chi connectivity index (χ1n) is 2.32. The van der Waals surface area contributed by atoms with Gasteiger partial charge in [0.1, 0.15) is 0 Å². The molecule has 1 nitrogen and oxygen atoms in total. The topological polar surface area (TPSA) is 17.1 Å². The van der Waals surface area contributed by atoms with Crippen LogP contribution < -0.4 is 0 Å². The van der Waals surface area contributed by atoms with E-state index in [0.717, 1.165) is 5.57 Å². The Morgan fingerprint density at radius 2 is 2.12 bits per heavy atom. The van der Waals surface area contributed by atoms with Gasteiger partial charge in [-0.25, -0.2) is 0 Å². The zero-order valence-electron chi connectivity index (χ0n) is 4.99. The number of rotatable bonds is 2. The summed E-state index contributed by atoms with van der Waals surface area (Å²) in [4.78, 5) is 9.86. The average Bonchev–Trinajstić information content (AvgIpc) is 1.84. The lowest BCUT2D eigenvalue weighted by Crippen LogP contribution is -1.85. The average molecular weight is 132 g/mol. The molecule has 0 aromatic rings. The minimum absolute atomic E-state index is 0.418. The van der Waals surface area contributed by atoms with Gasteiger partial charge in [-0.05, 0) is 13.8 Å². The Labute approximate surface area is 54.3 Å². The second kappa shape index (κ2) is 3.67. The van der Waals surface area contributed by atoms with Crippen LogP contribution in [-0.4, -0.2) is 12.2 Å². The van der Waals surface area contributed by atoms with Gasteiger partial charge in [-0.2, -0.15) is 0 Å². The number of allylic oxidation sites excluding steroid dienone is 2. The number of hydrogen-bond acceptors (Lipinski definition) is 1. The van der Waals surface area contributed by atoms with E-state index in [9.17, 15) is 4.79 Å². The third-order valence-corrected chi connectivity index (χ3v) is 1.39. The summed E-state index contributed by atoms with van der Waals surface area (Å²) in [6.45, 7) is 3.51. The van der Waals surface area contributed by atoms with Crippen LogP contribution in [0.15, 0.2) is 11.1 Å². The lowest BCUT2D eigenvalue weighted by molar-refractivity contribution is 0.561. The zero-order chi connectivity index (χ0) is 6.57. The van der Waals surface area contributed by atoms with Crippen molar-refractivity contribution >= 4 is 17.9 Å². The molecule has 45 valence electrons. The molecular formula is C6H8ClO. The van der Waals surface area contributed by atoms with E-state index < -0.39 is 0 Å². The second-order valence-electron chi connectivity index (χ2n) is 1.64. The maximum absolute atomic E-state index is 9.86. The fourth-order valence-electron chi connectivity index (χ4n) is 0.187. The van der Waals surface area contributed by atoms with Gasteiger partial charge in [0.25, 0.3) is 0 Å². The number of carbonyl (C=O) groups excluding carboxylic acids is 1. The van der Waals surface area contributed by atoms with Crippen molar-refractivity contribution < 1.29 is 4.79 Å². The third kappa shape index (κ3) is 2.12. The zero-order valence-corrected chi connectivity index (χ0v) is 5.75. The van der Waals surface area contributed by atoms with E-state index in [2.05, 4.69) is 0 Å². The fraction of sp³-hybridized carbons (Fsp3) is 0.500. The highest BCUT2D eigenvalue weighted by Gasteiger charge is 1.91. The summed E-state index contributed by atoms with van der Waals surface area (Å²) in [7, 11) is 0. The van der Waals surface area contributed by atoms with Crippen molar-refractivity contribution in [2.75, 3.05) is 5.88 Å². The van der Waals surface area contributed by atoms with Gasteiger partial charge < -0.3 is 0 Å². The Hall–Kier alpha value is -0.300. The molecule has 8 heavy (non-hydrogen) atoms. The Morgan fingerprint density at radius 3 is 2.25 bits per heavy atom. The quantitative estimate of drug-likeness (QED) is 0.412. The van der Waals surface area contributed by atoms with Crippen molar-refractivity contribution in [3.05, 3.63) is 11.1 Å². The monoisotopic (exact) mass is 131 g/mol. The molecule has 0 amide bonds. The van der Waals surface area contributed by atoms with Gasteiger partial charge in [-0.15, -0.1) is 11.6 Å². The SMILES string of the molecule is C/C([C]=O)=C(/C)CCl. The Morgan fingerprint density at radius 1 is 1.62 bits per heavy atom. The van der Waals surface area contributed by atoms with Gasteiger partial charge in [0.15, 0.2) is 0 Å². The molecule has 0 N–H and O–H groups in total. The van der Waals surface area contributed by atoms with Crippen molar-refractivity contribution in [1.29, 1.82) is 0 Å². The van der Waals surface area contributed by atoms with E-state index in [1.807, 2.05) is 6.92 Å². The summed E-state index contributed by atoms with van der Waals surface area (Å²) in [5, 5.41) is 0. The molecule has 0 aliphatic rings. The maximum Gasteiger partial charge on any atom is 0.228 e. The summed E-state index contributed by atoms with van der Waals surface area (Å²) in [5.74, 6) is 0.418. The molecule has 0 heterocycles. The van der Waals surface area contributed by atoms with E-state index in [0.29, 0.717) is 11.5 Å². The second-order valence-corrected chi connectivity index (χ2v) is 1.91. The van der Waals surface area contributed by atoms with Gasteiger partial charge in [0.2, 0.25) is 6.29 Å². The van der Waals surface area contributed by atoms with Gasteiger partial charge >= 0.3 is 0 Å². The van der Waals surface area contributed by atoms with Crippen LogP contribution in [-0.2, 0) is 4.79 Å². The Kier molecular flexibility index (Phi) is 3.53. The van der Waals surface area contributed by atoms with Crippen molar-refractivity contribution in [1.82, 2.24) is 0 Å². The lowest BCUT2D eigenvalue weighted by Gasteiger charge is -1.91. The van der Waals surface area contributed by atoms with E-state index in [1.54, 1.807) is 13.2 Å². The minimum atomic E-state index is 0.418. The first-order chi connectivity index (χ1) is 3.72. The molecular weight excluding hydrogens is 124 g/mol. The van der Waals surface area contributed by atoms with Gasteiger partial charge in [0.05, 0.1) is 0 Å². The minimum Gasteiger partial charge on any atom is -0.285 e. The Balaban J connectivity index is 4.03. The third-order valence-electron chi connectivity index (χ3n) is 0.994. The van der Waals surface area contributed by atoms with Crippen molar-refractivity contribution in [2.45, 2.75) is 13.8 Å². The maximum atomic E-state index is 9.86. The molecule has 0 atom stereocenters. The predicted octanol–water partition coefficient (Wildman–Crippen LogP) is 1.67. The molecule has 0 aromatic carbocycles. The molecule has 0 aliphatic carbocycles. The number of alkyl halides is 1. The van der Waals surface area contributed by atoms with E-state index in [-0.39, 0.29) is 0 Å². The molecule has 0 fully saturated rings. The van der Waals surface area contributed by atoms with Gasteiger partial charge in [0, 0.05) is 11.5 Å².